The third-order valence-electron chi connectivity index (χ3n) is 2.43. The maximum atomic E-state index is 12.0. The van der Waals surface area contributed by atoms with Gasteiger partial charge in [-0.2, -0.15) is 0 Å². The summed E-state index contributed by atoms with van der Waals surface area (Å²) in [5.41, 5.74) is 1.32. The minimum absolute atomic E-state index is 0.0131. The van der Waals surface area contributed by atoms with Crippen molar-refractivity contribution in [3.8, 4) is 5.75 Å². The van der Waals surface area contributed by atoms with E-state index in [1.54, 1.807) is 36.4 Å². The van der Waals surface area contributed by atoms with Gasteiger partial charge in [0.2, 0.25) is 0 Å². The lowest BCUT2D eigenvalue weighted by atomic mass is 10.2. The summed E-state index contributed by atoms with van der Waals surface area (Å²) in [5.74, 6) is 0.0131. The Morgan fingerprint density at radius 3 is 2.33 bits per heavy atom. The Balaban J connectivity index is 2.30. The first-order valence-electron chi connectivity index (χ1n) is 5.36. The topological polar surface area (TPSA) is 66.4 Å². The van der Waals surface area contributed by atoms with E-state index in [1.807, 2.05) is 6.92 Å². The van der Waals surface area contributed by atoms with Gasteiger partial charge in [-0.3, -0.25) is 4.72 Å². The standard InChI is InChI=1S/C13H13NO3S/c1-10-5-7-13(8-6-10)18(16,17)14-11-3-2-4-12(15)9-11/h2-9,14-15H,1H3. The van der Waals surface area contributed by atoms with Gasteiger partial charge in [-0.05, 0) is 31.2 Å². The molecule has 94 valence electrons. The number of benzene rings is 2. The van der Waals surface area contributed by atoms with Crippen LogP contribution in [-0.4, -0.2) is 13.5 Å². The number of rotatable bonds is 3. The number of nitrogens with one attached hydrogen (secondary N) is 1. The Morgan fingerprint density at radius 1 is 1.06 bits per heavy atom. The highest BCUT2D eigenvalue weighted by atomic mass is 32.2. The van der Waals surface area contributed by atoms with E-state index in [-0.39, 0.29) is 10.6 Å². The molecule has 0 heterocycles. The van der Waals surface area contributed by atoms with Gasteiger partial charge in [0.1, 0.15) is 5.75 Å². The van der Waals surface area contributed by atoms with Crippen molar-refractivity contribution in [1.29, 1.82) is 0 Å². The predicted octanol–water partition coefficient (Wildman–Crippen LogP) is 2.50. The van der Waals surface area contributed by atoms with Crippen LogP contribution >= 0.6 is 0 Å². The third-order valence-corrected chi connectivity index (χ3v) is 3.83. The molecule has 4 nitrogen and oxygen atoms in total. The Bertz CT molecular complexity index is 648. The van der Waals surface area contributed by atoms with E-state index >= 15 is 0 Å². The van der Waals surface area contributed by atoms with E-state index in [4.69, 9.17) is 0 Å². The second-order valence-corrected chi connectivity index (χ2v) is 5.65. The molecule has 0 radical (unpaired) electrons. The molecule has 0 aliphatic carbocycles. The number of hydrogen-bond acceptors (Lipinski definition) is 3. The monoisotopic (exact) mass is 263 g/mol. The SMILES string of the molecule is Cc1ccc(S(=O)(=O)Nc2cccc(O)c2)cc1. The summed E-state index contributed by atoms with van der Waals surface area (Å²) in [5, 5.41) is 9.28. The molecule has 0 aliphatic heterocycles. The molecule has 0 bridgehead atoms. The highest BCUT2D eigenvalue weighted by Crippen LogP contribution is 2.19. The number of sulfonamides is 1. The number of aromatic hydroxyl groups is 1. The molecule has 0 spiro atoms. The molecule has 0 amide bonds. The zero-order valence-corrected chi connectivity index (χ0v) is 10.6. The first-order chi connectivity index (χ1) is 8.47. The molecule has 0 aliphatic rings. The molecule has 18 heavy (non-hydrogen) atoms. The van der Waals surface area contributed by atoms with E-state index in [9.17, 15) is 13.5 Å². The highest BCUT2D eigenvalue weighted by molar-refractivity contribution is 7.92. The summed E-state index contributed by atoms with van der Waals surface area (Å²) < 4.78 is 26.5. The van der Waals surface area contributed by atoms with Gasteiger partial charge in [-0.25, -0.2) is 8.42 Å². The van der Waals surface area contributed by atoms with Gasteiger partial charge in [-0.15, -0.1) is 0 Å². The zero-order chi connectivity index (χ0) is 13.2. The van der Waals surface area contributed by atoms with Crippen LogP contribution in [-0.2, 0) is 10.0 Å². The number of phenolic OH excluding ortho intramolecular Hbond substituents is 1. The number of hydrogen-bond donors (Lipinski definition) is 2. The normalized spacial score (nSPS) is 11.2. The van der Waals surface area contributed by atoms with Gasteiger partial charge >= 0.3 is 0 Å². The average Bonchev–Trinajstić information content (AvgIpc) is 2.29. The van der Waals surface area contributed by atoms with Crippen LogP contribution in [0.4, 0.5) is 5.69 Å². The fourth-order valence-electron chi connectivity index (χ4n) is 1.50. The van der Waals surface area contributed by atoms with Gasteiger partial charge in [0.15, 0.2) is 0 Å². The van der Waals surface area contributed by atoms with Gasteiger partial charge < -0.3 is 5.11 Å². The van der Waals surface area contributed by atoms with E-state index < -0.39 is 10.0 Å². The summed E-state index contributed by atoms with van der Waals surface area (Å²) in [4.78, 5) is 0.191. The summed E-state index contributed by atoms with van der Waals surface area (Å²) >= 11 is 0. The quantitative estimate of drug-likeness (QED) is 0.894. The molecule has 2 aromatic carbocycles. The zero-order valence-electron chi connectivity index (χ0n) is 9.79. The Kier molecular flexibility index (Phi) is 3.25. The highest BCUT2D eigenvalue weighted by Gasteiger charge is 2.13. The number of phenols is 1. The van der Waals surface area contributed by atoms with Crippen LogP contribution in [0.5, 0.6) is 5.75 Å². The van der Waals surface area contributed by atoms with Crippen molar-refractivity contribution in [2.24, 2.45) is 0 Å². The van der Waals surface area contributed by atoms with Gasteiger partial charge in [0.25, 0.3) is 10.0 Å². The lowest BCUT2D eigenvalue weighted by Gasteiger charge is -2.08. The summed E-state index contributed by atoms with van der Waals surface area (Å²) in [6.45, 7) is 1.89. The molecular formula is C13H13NO3S. The van der Waals surface area contributed by atoms with Crippen molar-refractivity contribution in [2.45, 2.75) is 11.8 Å². The number of aryl methyl sites for hydroxylation is 1. The van der Waals surface area contributed by atoms with Crippen molar-refractivity contribution in [3.05, 3.63) is 54.1 Å². The Hall–Kier alpha value is -2.01. The second kappa shape index (κ2) is 4.70. The van der Waals surface area contributed by atoms with E-state index in [1.165, 1.54) is 12.1 Å². The summed E-state index contributed by atoms with van der Waals surface area (Å²) in [6, 6.07) is 12.5. The molecule has 0 unspecified atom stereocenters. The van der Waals surface area contributed by atoms with Crippen molar-refractivity contribution in [3.63, 3.8) is 0 Å². The van der Waals surface area contributed by atoms with Crippen LogP contribution in [0.1, 0.15) is 5.56 Å². The van der Waals surface area contributed by atoms with Gasteiger partial charge in [0.05, 0.1) is 10.6 Å². The molecule has 0 fully saturated rings. The van der Waals surface area contributed by atoms with Gasteiger partial charge in [0, 0.05) is 6.07 Å². The fraction of sp³-hybridized carbons (Fsp3) is 0.0769. The molecule has 5 heteroatoms. The van der Waals surface area contributed by atoms with Crippen LogP contribution in [0, 0.1) is 6.92 Å². The predicted molar refractivity (Wildman–Crippen MR) is 70.1 cm³/mol. The van der Waals surface area contributed by atoms with Crippen LogP contribution < -0.4 is 4.72 Å². The molecule has 0 atom stereocenters. The van der Waals surface area contributed by atoms with Crippen LogP contribution in [0.3, 0.4) is 0 Å². The molecule has 0 saturated heterocycles. The lowest BCUT2D eigenvalue weighted by Crippen LogP contribution is -2.12. The average molecular weight is 263 g/mol. The summed E-state index contributed by atoms with van der Waals surface area (Å²) in [7, 11) is -3.61. The second-order valence-electron chi connectivity index (χ2n) is 3.97. The molecule has 2 rings (SSSR count). The third kappa shape index (κ3) is 2.81. The van der Waals surface area contributed by atoms with Crippen LogP contribution in [0.2, 0.25) is 0 Å². The minimum atomic E-state index is -3.61. The molecule has 2 aromatic rings. The molecule has 0 saturated carbocycles. The smallest absolute Gasteiger partial charge is 0.261 e. The van der Waals surface area contributed by atoms with E-state index in [2.05, 4.69) is 4.72 Å². The molecule has 2 N–H and O–H groups in total. The van der Waals surface area contributed by atoms with Crippen molar-refractivity contribution >= 4 is 15.7 Å². The Labute approximate surface area is 106 Å². The fourth-order valence-corrected chi connectivity index (χ4v) is 2.55. The van der Waals surface area contributed by atoms with Crippen molar-refractivity contribution < 1.29 is 13.5 Å². The molecular weight excluding hydrogens is 250 g/mol. The number of anilines is 1. The Morgan fingerprint density at radius 2 is 1.72 bits per heavy atom. The van der Waals surface area contributed by atoms with Crippen LogP contribution in [0.25, 0.3) is 0 Å². The largest absolute Gasteiger partial charge is 0.508 e. The first-order valence-corrected chi connectivity index (χ1v) is 6.84. The maximum absolute atomic E-state index is 12.0. The lowest BCUT2D eigenvalue weighted by molar-refractivity contribution is 0.475. The maximum Gasteiger partial charge on any atom is 0.261 e. The van der Waals surface area contributed by atoms with E-state index in [0.29, 0.717) is 5.69 Å². The van der Waals surface area contributed by atoms with Crippen LogP contribution in [0.15, 0.2) is 53.4 Å². The van der Waals surface area contributed by atoms with E-state index in [0.717, 1.165) is 5.56 Å². The first kappa shape index (κ1) is 12.4. The summed E-state index contributed by atoms with van der Waals surface area (Å²) in [6.07, 6.45) is 0. The van der Waals surface area contributed by atoms with Crippen molar-refractivity contribution in [2.75, 3.05) is 4.72 Å². The minimum Gasteiger partial charge on any atom is -0.508 e. The van der Waals surface area contributed by atoms with Crippen molar-refractivity contribution in [1.82, 2.24) is 0 Å². The van der Waals surface area contributed by atoms with Gasteiger partial charge in [-0.1, -0.05) is 23.8 Å². The molecule has 0 aromatic heterocycles.